The molecule has 2 N–H and O–H groups in total. The van der Waals surface area contributed by atoms with Crippen LogP contribution in [0.2, 0.25) is 0 Å². The van der Waals surface area contributed by atoms with Crippen LogP contribution in [0.25, 0.3) is 0 Å². The number of rotatable bonds is 5. The van der Waals surface area contributed by atoms with Crippen LogP contribution in [0.3, 0.4) is 0 Å². The number of hydrogen-bond acceptors (Lipinski definition) is 2. The lowest BCUT2D eigenvalue weighted by Gasteiger charge is -2.24. The highest BCUT2D eigenvalue weighted by Crippen LogP contribution is 2.24. The summed E-state index contributed by atoms with van der Waals surface area (Å²) in [5, 5.41) is 13.3. The zero-order valence-corrected chi connectivity index (χ0v) is 10.7. The number of hydrogen-bond donors (Lipinski definition) is 2. The van der Waals surface area contributed by atoms with Gasteiger partial charge in [0, 0.05) is 12.2 Å². The maximum atomic E-state index is 9.95. The molecule has 1 rings (SSSR count). The molecule has 1 atom stereocenters. The molecule has 0 spiro atoms. The van der Waals surface area contributed by atoms with Gasteiger partial charge in [-0.15, -0.1) is 0 Å². The number of benzene rings is 1. The van der Waals surface area contributed by atoms with E-state index in [-0.39, 0.29) is 0 Å². The van der Waals surface area contributed by atoms with Crippen LogP contribution in [-0.2, 0) is 0 Å². The number of nitrogens with one attached hydrogen (secondary N) is 1. The minimum atomic E-state index is -0.635. The van der Waals surface area contributed by atoms with E-state index in [1.165, 1.54) is 5.56 Å². The zero-order valence-electron chi connectivity index (χ0n) is 10.7. The molecule has 0 bridgehead atoms. The maximum absolute atomic E-state index is 9.95. The van der Waals surface area contributed by atoms with E-state index in [2.05, 4.69) is 37.4 Å². The fourth-order valence-electron chi connectivity index (χ4n) is 1.57. The van der Waals surface area contributed by atoms with Gasteiger partial charge in [-0.05, 0) is 30.9 Å². The van der Waals surface area contributed by atoms with Crippen LogP contribution in [0.4, 0.5) is 5.69 Å². The Kier molecular flexibility index (Phi) is 4.36. The Hall–Kier alpha value is -1.02. The summed E-state index contributed by atoms with van der Waals surface area (Å²) in [6.45, 7) is 8.80. The van der Waals surface area contributed by atoms with Crippen molar-refractivity contribution in [1.82, 2.24) is 0 Å². The maximum Gasteiger partial charge on any atom is 0.0788 e. The Labute approximate surface area is 98.7 Å². The molecule has 1 aromatic carbocycles. The third kappa shape index (κ3) is 3.53. The van der Waals surface area contributed by atoms with Crippen LogP contribution in [0.15, 0.2) is 24.3 Å². The molecule has 0 saturated heterocycles. The summed E-state index contributed by atoms with van der Waals surface area (Å²) in [5.41, 5.74) is 1.80. The van der Waals surface area contributed by atoms with Crippen LogP contribution in [-0.4, -0.2) is 17.3 Å². The van der Waals surface area contributed by atoms with Gasteiger partial charge in [-0.3, -0.25) is 0 Å². The lowest BCUT2D eigenvalue weighted by atomic mass is 9.99. The van der Waals surface area contributed by atoms with E-state index in [9.17, 15) is 5.11 Å². The quantitative estimate of drug-likeness (QED) is 0.799. The molecule has 2 heteroatoms. The van der Waals surface area contributed by atoms with Gasteiger partial charge in [0.25, 0.3) is 0 Å². The second kappa shape index (κ2) is 5.35. The average Bonchev–Trinajstić information content (AvgIpc) is 2.27. The van der Waals surface area contributed by atoms with Gasteiger partial charge >= 0.3 is 0 Å². The van der Waals surface area contributed by atoms with Crippen molar-refractivity contribution in [3.05, 3.63) is 29.8 Å². The fraction of sp³-hybridized carbons (Fsp3) is 0.571. The van der Waals surface area contributed by atoms with Crippen LogP contribution >= 0.6 is 0 Å². The second-order valence-corrected chi connectivity index (χ2v) is 4.95. The van der Waals surface area contributed by atoms with Crippen LogP contribution in [0.5, 0.6) is 0 Å². The summed E-state index contributed by atoms with van der Waals surface area (Å²) in [5.74, 6) is 0.496. The van der Waals surface area contributed by atoms with Gasteiger partial charge in [-0.25, -0.2) is 0 Å². The number of anilines is 1. The highest BCUT2D eigenvalue weighted by Gasteiger charge is 2.17. The normalized spacial score (nSPS) is 14.9. The lowest BCUT2D eigenvalue weighted by Crippen LogP contribution is -2.32. The molecule has 0 aromatic heterocycles. The molecule has 1 aromatic rings. The molecule has 0 fully saturated rings. The molecule has 0 aliphatic heterocycles. The van der Waals surface area contributed by atoms with Crippen molar-refractivity contribution in [3.63, 3.8) is 0 Å². The van der Waals surface area contributed by atoms with Crippen LogP contribution in [0.1, 0.15) is 45.6 Å². The van der Waals surface area contributed by atoms with E-state index in [4.69, 9.17) is 0 Å². The third-order valence-electron chi connectivity index (χ3n) is 3.00. The van der Waals surface area contributed by atoms with Crippen molar-refractivity contribution >= 4 is 5.69 Å². The molecular formula is C14H23NO. The Morgan fingerprint density at radius 1 is 1.31 bits per heavy atom. The summed E-state index contributed by atoms with van der Waals surface area (Å²) in [6.07, 6.45) is 0.754. The first-order valence-corrected chi connectivity index (χ1v) is 6.01. The topological polar surface area (TPSA) is 32.3 Å². The minimum absolute atomic E-state index is 0.496. The zero-order chi connectivity index (χ0) is 12.2. The molecule has 0 saturated carbocycles. The van der Waals surface area contributed by atoms with Crippen molar-refractivity contribution in [2.75, 3.05) is 11.9 Å². The van der Waals surface area contributed by atoms with Gasteiger partial charge in [0.2, 0.25) is 0 Å². The summed E-state index contributed by atoms with van der Waals surface area (Å²) in [4.78, 5) is 0. The monoisotopic (exact) mass is 221 g/mol. The molecule has 0 aliphatic rings. The van der Waals surface area contributed by atoms with E-state index in [1.807, 2.05) is 19.9 Å². The number of aliphatic hydroxyl groups is 1. The van der Waals surface area contributed by atoms with Crippen molar-refractivity contribution in [2.45, 2.75) is 45.6 Å². The molecular weight excluding hydrogens is 198 g/mol. The van der Waals surface area contributed by atoms with E-state index < -0.39 is 5.60 Å². The molecule has 0 amide bonds. The first kappa shape index (κ1) is 13.0. The Morgan fingerprint density at radius 2 is 1.94 bits per heavy atom. The van der Waals surface area contributed by atoms with Crippen molar-refractivity contribution in [2.24, 2.45) is 0 Å². The van der Waals surface area contributed by atoms with Gasteiger partial charge in [0.1, 0.15) is 0 Å². The molecule has 2 nitrogen and oxygen atoms in total. The predicted molar refractivity (Wildman–Crippen MR) is 69.9 cm³/mol. The highest BCUT2D eigenvalue weighted by molar-refractivity contribution is 5.52. The average molecular weight is 221 g/mol. The van der Waals surface area contributed by atoms with Gasteiger partial charge in [-0.1, -0.05) is 39.0 Å². The van der Waals surface area contributed by atoms with E-state index in [1.54, 1.807) is 0 Å². The Balaban J connectivity index is 2.74. The van der Waals surface area contributed by atoms with E-state index >= 15 is 0 Å². The molecule has 16 heavy (non-hydrogen) atoms. The second-order valence-electron chi connectivity index (χ2n) is 4.95. The highest BCUT2D eigenvalue weighted by atomic mass is 16.3. The molecule has 0 heterocycles. The smallest absolute Gasteiger partial charge is 0.0788 e. The lowest BCUT2D eigenvalue weighted by molar-refractivity contribution is 0.0697. The first-order chi connectivity index (χ1) is 7.46. The predicted octanol–water partition coefficient (Wildman–Crippen LogP) is 3.38. The molecule has 0 aliphatic carbocycles. The molecule has 90 valence electrons. The minimum Gasteiger partial charge on any atom is -0.388 e. The van der Waals surface area contributed by atoms with Gasteiger partial charge < -0.3 is 10.4 Å². The molecule has 0 radical (unpaired) electrons. The third-order valence-corrected chi connectivity index (χ3v) is 3.00. The first-order valence-electron chi connectivity index (χ1n) is 6.01. The van der Waals surface area contributed by atoms with Crippen molar-refractivity contribution in [1.29, 1.82) is 0 Å². The summed E-state index contributed by atoms with van der Waals surface area (Å²) >= 11 is 0. The van der Waals surface area contributed by atoms with Gasteiger partial charge in [0.05, 0.1) is 5.60 Å². The Morgan fingerprint density at radius 3 is 2.50 bits per heavy atom. The van der Waals surface area contributed by atoms with Crippen molar-refractivity contribution < 1.29 is 5.11 Å². The van der Waals surface area contributed by atoms with Gasteiger partial charge in [0.15, 0.2) is 0 Å². The SMILES string of the molecule is CCC(C)(O)CNc1ccccc1C(C)C. The largest absolute Gasteiger partial charge is 0.388 e. The standard InChI is InChI=1S/C14H23NO/c1-5-14(4,16)10-15-13-9-7-6-8-12(13)11(2)3/h6-9,11,15-16H,5,10H2,1-4H3. The summed E-state index contributed by atoms with van der Waals surface area (Å²) in [7, 11) is 0. The molecule has 1 unspecified atom stereocenters. The van der Waals surface area contributed by atoms with Crippen LogP contribution < -0.4 is 5.32 Å². The van der Waals surface area contributed by atoms with Crippen LogP contribution in [0, 0.1) is 0 Å². The Bertz CT molecular complexity index is 331. The summed E-state index contributed by atoms with van der Waals surface area (Å²) in [6, 6.07) is 8.28. The van der Waals surface area contributed by atoms with Gasteiger partial charge in [-0.2, -0.15) is 0 Å². The number of para-hydroxylation sites is 1. The van der Waals surface area contributed by atoms with E-state index in [0.717, 1.165) is 12.1 Å². The fourth-order valence-corrected chi connectivity index (χ4v) is 1.57. The van der Waals surface area contributed by atoms with Crippen molar-refractivity contribution in [3.8, 4) is 0 Å². The summed E-state index contributed by atoms with van der Waals surface area (Å²) < 4.78 is 0. The van der Waals surface area contributed by atoms with E-state index in [0.29, 0.717) is 12.5 Å².